The van der Waals surface area contributed by atoms with Crippen molar-refractivity contribution in [1.29, 1.82) is 0 Å². The molecule has 0 aromatic carbocycles. The lowest BCUT2D eigenvalue weighted by Gasteiger charge is -2.13. The lowest BCUT2D eigenvalue weighted by Crippen LogP contribution is -2.35. The Kier molecular flexibility index (Phi) is 2.92. The van der Waals surface area contributed by atoms with Gasteiger partial charge in [-0.1, -0.05) is 26.7 Å². The number of hydrogen-bond donors (Lipinski definition) is 2. The lowest BCUT2D eigenvalue weighted by atomic mass is 10.1. The van der Waals surface area contributed by atoms with Crippen molar-refractivity contribution in [2.24, 2.45) is 23.2 Å². The van der Waals surface area contributed by atoms with Gasteiger partial charge in [-0.2, -0.15) is 0 Å². The average Bonchev–Trinajstić information content (AvgIpc) is 3.02. The number of carbonyl (C=O) groups excluding carboxylic acids is 1. The van der Waals surface area contributed by atoms with Gasteiger partial charge < -0.3 is 10.4 Å². The van der Waals surface area contributed by atoms with Crippen LogP contribution in [0.3, 0.4) is 0 Å². The summed E-state index contributed by atoms with van der Waals surface area (Å²) in [6, 6.07) is 0.167. The quantitative estimate of drug-likeness (QED) is 0.766. The molecule has 2 fully saturated rings. The molecule has 2 aliphatic carbocycles. The van der Waals surface area contributed by atoms with E-state index in [0.717, 1.165) is 12.3 Å². The van der Waals surface area contributed by atoms with Crippen molar-refractivity contribution < 1.29 is 14.7 Å². The number of carboxylic acids is 1. The maximum Gasteiger partial charge on any atom is 0.307 e. The number of carbonyl (C=O) groups is 2. The molecular formula is C13H21NO3. The maximum absolute atomic E-state index is 12.0. The highest BCUT2D eigenvalue weighted by Gasteiger charge is 2.65. The normalized spacial score (nSPS) is 31.7. The Labute approximate surface area is 102 Å². The van der Waals surface area contributed by atoms with Crippen molar-refractivity contribution in [3.63, 3.8) is 0 Å². The standard InChI is InChI=1S/C13H21NO3/c1-7(6-8-4-5-8)14-11(15)9-10(12(16)17)13(9,2)3/h7-10H,4-6H2,1-3H3,(H,14,15)(H,16,17). The van der Waals surface area contributed by atoms with Crippen molar-refractivity contribution in [3.8, 4) is 0 Å². The van der Waals surface area contributed by atoms with Crippen LogP contribution in [0.15, 0.2) is 0 Å². The van der Waals surface area contributed by atoms with E-state index in [1.807, 2.05) is 20.8 Å². The van der Waals surface area contributed by atoms with Crippen LogP contribution >= 0.6 is 0 Å². The van der Waals surface area contributed by atoms with Crippen molar-refractivity contribution in [1.82, 2.24) is 5.32 Å². The summed E-state index contributed by atoms with van der Waals surface area (Å²) in [6.45, 7) is 5.70. The second kappa shape index (κ2) is 4.00. The highest BCUT2D eigenvalue weighted by molar-refractivity contribution is 5.91. The van der Waals surface area contributed by atoms with Crippen LogP contribution in [-0.4, -0.2) is 23.0 Å². The van der Waals surface area contributed by atoms with Gasteiger partial charge in [-0.3, -0.25) is 9.59 Å². The van der Waals surface area contributed by atoms with E-state index in [2.05, 4.69) is 5.32 Å². The number of carboxylic acid groups (broad SMARTS) is 1. The molecule has 0 spiro atoms. The fourth-order valence-corrected chi connectivity index (χ4v) is 2.83. The summed E-state index contributed by atoms with van der Waals surface area (Å²) >= 11 is 0. The van der Waals surface area contributed by atoms with E-state index in [-0.39, 0.29) is 17.9 Å². The van der Waals surface area contributed by atoms with Gasteiger partial charge in [-0.15, -0.1) is 0 Å². The summed E-state index contributed by atoms with van der Waals surface area (Å²) in [6.07, 6.45) is 3.57. The van der Waals surface area contributed by atoms with Crippen LogP contribution in [0.1, 0.15) is 40.0 Å². The number of rotatable bonds is 5. The van der Waals surface area contributed by atoms with Gasteiger partial charge in [0.05, 0.1) is 11.8 Å². The van der Waals surface area contributed by atoms with Crippen molar-refractivity contribution in [2.45, 2.75) is 46.1 Å². The van der Waals surface area contributed by atoms with Gasteiger partial charge in [-0.05, 0) is 24.7 Å². The van der Waals surface area contributed by atoms with Crippen LogP contribution in [0.2, 0.25) is 0 Å². The monoisotopic (exact) mass is 239 g/mol. The van der Waals surface area contributed by atoms with E-state index in [1.54, 1.807) is 0 Å². The highest BCUT2D eigenvalue weighted by Crippen LogP contribution is 2.58. The maximum atomic E-state index is 12.0. The molecule has 4 nitrogen and oxygen atoms in total. The molecule has 1 amide bonds. The Bertz CT molecular complexity index is 347. The molecule has 2 saturated carbocycles. The first-order valence-corrected chi connectivity index (χ1v) is 6.37. The number of nitrogens with one attached hydrogen (secondary N) is 1. The van der Waals surface area contributed by atoms with Crippen LogP contribution in [0, 0.1) is 23.2 Å². The van der Waals surface area contributed by atoms with Gasteiger partial charge in [0, 0.05) is 6.04 Å². The summed E-state index contributed by atoms with van der Waals surface area (Å²) in [4.78, 5) is 23.0. The zero-order valence-corrected chi connectivity index (χ0v) is 10.7. The first-order valence-electron chi connectivity index (χ1n) is 6.37. The van der Waals surface area contributed by atoms with Gasteiger partial charge in [0.15, 0.2) is 0 Å². The molecule has 2 rings (SSSR count). The summed E-state index contributed by atoms with van der Waals surface area (Å²) in [5, 5.41) is 12.0. The van der Waals surface area contributed by atoms with Crippen LogP contribution < -0.4 is 5.32 Å². The Morgan fingerprint density at radius 3 is 2.35 bits per heavy atom. The smallest absolute Gasteiger partial charge is 0.307 e. The van der Waals surface area contributed by atoms with E-state index in [9.17, 15) is 9.59 Å². The second-order valence-corrected chi connectivity index (χ2v) is 6.20. The van der Waals surface area contributed by atoms with E-state index in [4.69, 9.17) is 5.11 Å². The van der Waals surface area contributed by atoms with Crippen molar-refractivity contribution in [2.75, 3.05) is 0 Å². The molecule has 17 heavy (non-hydrogen) atoms. The molecule has 0 heterocycles. The largest absolute Gasteiger partial charge is 0.481 e. The topological polar surface area (TPSA) is 66.4 Å². The van der Waals surface area contributed by atoms with E-state index in [0.29, 0.717) is 0 Å². The Morgan fingerprint density at radius 1 is 1.35 bits per heavy atom. The molecule has 0 aromatic heterocycles. The highest BCUT2D eigenvalue weighted by atomic mass is 16.4. The van der Waals surface area contributed by atoms with Gasteiger partial charge in [0.25, 0.3) is 0 Å². The summed E-state index contributed by atoms with van der Waals surface area (Å²) in [7, 11) is 0. The molecule has 3 unspecified atom stereocenters. The number of hydrogen-bond acceptors (Lipinski definition) is 2. The lowest BCUT2D eigenvalue weighted by molar-refractivity contribution is -0.140. The third kappa shape index (κ3) is 2.45. The molecule has 0 saturated heterocycles. The minimum Gasteiger partial charge on any atom is -0.481 e. The molecule has 96 valence electrons. The zero-order chi connectivity index (χ0) is 12.8. The summed E-state index contributed by atoms with van der Waals surface area (Å²) in [5.74, 6) is -1.05. The van der Waals surface area contributed by atoms with Crippen LogP contribution in [0.25, 0.3) is 0 Å². The van der Waals surface area contributed by atoms with Gasteiger partial charge in [0.2, 0.25) is 5.91 Å². The fraction of sp³-hybridized carbons (Fsp3) is 0.846. The van der Waals surface area contributed by atoms with Crippen molar-refractivity contribution >= 4 is 11.9 Å². The molecule has 0 aliphatic heterocycles. The first-order chi connectivity index (χ1) is 7.84. The van der Waals surface area contributed by atoms with Gasteiger partial charge in [-0.25, -0.2) is 0 Å². The molecule has 2 aliphatic rings. The Morgan fingerprint density at radius 2 is 1.94 bits per heavy atom. The zero-order valence-electron chi connectivity index (χ0n) is 10.7. The van der Waals surface area contributed by atoms with E-state index in [1.165, 1.54) is 12.8 Å². The Hall–Kier alpha value is -1.06. The third-order valence-electron chi connectivity index (χ3n) is 4.15. The molecule has 0 radical (unpaired) electrons. The second-order valence-electron chi connectivity index (χ2n) is 6.20. The van der Waals surface area contributed by atoms with Crippen LogP contribution in [0.4, 0.5) is 0 Å². The summed E-state index contributed by atoms with van der Waals surface area (Å²) < 4.78 is 0. The van der Waals surface area contributed by atoms with E-state index < -0.39 is 17.3 Å². The van der Waals surface area contributed by atoms with Crippen molar-refractivity contribution in [3.05, 3.63) is 0 Å². The molecule has 0 bridgehead atoms. The minimum atomic E-state index is -0.856. The van der Waals surface area contributed by atoms with Crippen LogP contribution in [-0.2, 0) is 9.59 Å². The number of aliphatic carboxylic acids is 1. The first kappa shape index (κ1) is 12.4. The SMILES string of the molecule is CC(CC1CC1)NC(=O)C1C(C(=O)O)C1(C)C. The summed E-state index contributed by atoms with van der Waals surface area (Å²) in [5.41, 5.74) is -0.394. The predicted octanol–water partition coefficient (Wildman–Crippen LogP) is 1.65. The van der Waals surface area contributed by atoms with E-state index >= 15 is 0 Å². The molecular weight excluding hydrogens is 218 g/mol. The molecule has 2 N–H and O–H groups in total. The number of amides is 1. The molecule has 0 aromatic rings. The fourth-order valence-electron chi connectivity index (χ4n) is 2.83. The Balaban J connectivity index is 1.86. The van der Waals surface area contributed by atoms with Gasteiger partial charge in [0.1, 0.15) is 0 Å². The minimum absolute atomic E-state index is 0.0875. The third-order valence-corrected chi connectivity index (χ3v) is 4.15. The van der Waals surface area contributed by atoms with Crippen LogP contribution in [0.5, 0.6) is 0 Å². The average molecular weight is 239 g/mol. The molecule has 4 heteroatoms. The van der Waals surface area contributed by atoms with Gasteiger partial charge >= 0.3 is 5.97 Å². The molecule has 3 atom stereocenters. The predicted molar refractivity (Wildman–Crippen MR) is 63.3 cm³/mol.